The van der Waals surface area contributed by atoms with Gasteiger partial charge in [-0.05, 0) is 30.7 Å². The molecule has 8 nitrogen and oxygen atoms in total. The summed E-state index contributed by atoms with van der Waals surface area (Å²) >= 11 is 0. The van der Waals surface area contributed by atoms with E-state index in [0.29, 0.717) is 18.2 Å². The van der Waals surface area contributed by atoms with Crippen LogP contribution in [0.25, 0.3) is 11.0 Å². The summed E-state index contributed by atoms with van der Waals surface area (Å²) in [6, 6.07) is 10.9. The van der Waals surface area contributed by atoms with E-state index in [2.05, 4.69) is 5.32 Å². The Balaban J connectivity index is 1.52. The monoisotopic (exact) mass is 379 g/mol. The first-order chi connectivity index (χ1) is 13.6. The molecule has 1 aliphatic rings. The number of amides is 2. The van der Waals surface area contributed by atoms with Gasteiger partial charge in [-0.3, -0.25) is 14.5 Å². The lowest BCUT2D eigenvalue weighted by Gasteiger charge is -2.23. The Morgan fingerprint density at radius 3 is 2.54 bits per heavy atom. The molecule has 2 aromatic heterocycles. The van der Waals surface area contributed by atoms with Gasteiger partial charge in [-0.25, -0.2) is 9.97 Å². The maximum absolute atomic E-state index is 12.9. The van der Waals surface area contributed by atoms with Crippen molar-refractivity contribution in [1.82, 2.24) is 15.3 Å². The zero-order valence-corrected chi connectivity index (χ0v) is 15.6. The third-order valence-corrected chi connectivity index (χ3v) is 4.70. The molecule has 4 rings (SSSR count). The van der Waals surface area contributed by atoms with Crippen LogP contribution >= 0.6 is 0 Å². The van der Waals surface area contributed by atoms with E-state index in [-0.39, 0.29) is 30.5 Å². The van der Waals surface area contributed by atoms with Crippen LogP contribution in [0.3, 0.4) is 0 Å². The predicted molar refractivity (Wildman–Crippen MR) is 105 cm³/mol. The van der Waals surface area contributed by atoms with Crippen molar-refractivity contribution in [2.24, 2.45) is 0 Å². The van der Waals surface area contributed by atoms with E-state index in [1.54, 1.807) is 17.0 Å². The summed E-state index contributed by atoms with van der Waals surface area (Å²) in [5.41, 5.74) is 1.55. The van der Waals surface area contributed by atoms with Gasteiger partial charge in [0, 0.05) is 33.1 Å². The summed E-state index contributed by atoms with van der Waals surface area (Å²) in [6.07, 6.45) is 2.42. The van der Waals surface area contributed by atoms with Crippen LogP contribution in [-0.4, -0.2) is 48.5 Å². The van der Waals surface area contributed by atoms with Crippen LogP contribution in [0.5, 0.6) is 0 Å². The number of para-hydroxylation sites is 2. The van der Waals surface area contributed by atoms with Crippen molar-refractivity contribution in [3.05, 3.63) is 48.4 Å². The molecular formula is C20H21N5O3. The summed E-state index contributed by atoms with van der Waals surface area (Å²) in [4.78, 5) is 38.0. The van der Waals surface area contributed by atoms with Gasteiger partial charge in [-0.15, -0.1) is 0 Å². The van der Waals surface area contributed by atoms with Crippen LogP contribution in [0.4, 0.5) is 11.6 Å². The first-order valence-electron chi connectivity index (χ1n) is 9.23. The van der Waals surface area contributed by atoms with E-state index in [1.807, 2.05) is 36.2 Å². The van der Waals surface area contributed by atoms with Crippen LogP contribution in [-0.2, 0) is 4.79 Å². The van der Waals surface area contributed by atoms with Gasteiger partial charge >= 0.3 is 0 Å². The molecule has 28 heavy (non-hydrogen) atoms. The van der Waals surface area contributed by atoms with E-state index in [9.17, 15) is 9.59 Å². The zero-order chi connectivity index (χ0) is 19.5. The maximum Gasteiger partial charge on any atom is 0.286 e. The molecule has 0 radical (unpaired) electrons. The molecule has 0 saturated carbocycles. The molecule has 0 atom stereocenters. The number of fused-ring (bicyclic) bond motifs is 2. The van der Waals surface area contributed by atoms with E-state index in [0.717, 1.165) is 24.0 Å². The van der Waals surface area contributed by atoms with Crippen LogP contribution in [0.1, 0.15) is 23.4 Å². The minimum atomic E-state index is -0.334. The quantitative estimate of drug-likeness (QED) is 0.747. The molecule has 0 bridgehead atoms. The third-order valence-electron chi connectivity index (χ3n) is 4.70. The van der Waals surface area contributed by atoms with Crippen LogP contribution in [0.15, 0.2) is 47.1 Å². The second-order valence-electron chi connectivity index (χ2n) is 6.66. The Morgan fingerprint density at radius 2 is 1.82 bits per heavy atom. The van der Waals surface area contributed by atoms with Crippen molar-refractivity contribution >= 4 is 34.5 Å². The van der Waals surface area contributed by atoms with E-state index >= 15 is 0 Å². The Bertz CT molecular complexity index is 1000. The van der Waals surface area contributed by atoms with E-state index in [1.165, 1.54) is 6.26 Å². The van der Waals surface area contributed by atoms with Gasteiger partial charge in [0.05, 0.1) is 17.3 Å². The first-order valence-corrected chi connectivity index (χ1v) is 9.23. The Kier molecular flexibility index (Phi) is 4.92. The normalized spacial score (nSPS) is 13.9. The predicted octanol–water partition coefficient (Wildman–Crippen LogP) is 2.22. The van der Waals surface area contributed by atoms with Crippen molar-refractivity contribution in [2.75, 3.05) is 36.5 Å². The largest absolute Gasteiger partial charge is 0.459 e. The second kappa shape index (κ2) is 7.67. The molecule has 1 N–H and O–H groups in total. The molecule has 0 spiro atoms. The number of carbonyl (C=O) groups excluding carboxylic acids is 2. The third kappa shape index (κ3) is 3.53. The summed E-state index contributed by atoms with van der Waals surface area (Å²) in [7, 11) is 1.96. The number of carbonyl (C=O) groups is 2. The molecule has 1 aromatic carbocycles. The van der Waals surface area contributed by atoms with Gasteiger partial charge in [-0.2, -0.15) is 0 Å². The van der Waals surface area contributed by atoms with Crippen LogP contribution in [0.2, 0.25) is 0 Å². The molecule has 144 valence electrons. The number of hydrogen-bond acceptors (Lipinski definition) is 6. The van der Waals surface area contributed by atoms with Crippen molar-refractivity contribution in [1.29, 1.82) is 0 Å². The number of anilines is 2. The fraction of sp³-hybridized carbons (Fsp3) is 0.300. The number of aromatic nitrogens is 2. The molecule has 2 amide bonds. The Labute approximate surface area is 162 Å². The first kappa shape index (κ1) is 18.0. The average Bonchev–Trinajstić information content (AvgIpc) is 3.20. The minimum Gasteiger partial charge on any atom is -0.459 e. The molecule has 3 aromatic rings. The van der Waals surface area contributed by atoms with Crippen molar-refractivity contribution in [3.63, 3.8) is 0 Å². The van der Waals surface area contributed by atoms with Gasteiger partial charge in [0.2, 0.25) is 5.91 Å². The number of furan rings is 1. The zero-order valence-electron chi connectivity index (χ0n) is 15.6. The highest BCUT2D eigenvalue weighted by Crippen LogP contribution is 2.30. The smallest absolute Gasteiger partial charge is 0.286 e. The van der Waals surface area contributed by atoms with Crippen molar-refractivity contribution in [2.45, 2.75) is 12.8 Å². The second-order valence-corrected chi connectivity index (χ2v) is 6.66. The number of rotatable bonds is 4. The molecule has 0 fully saturated rings. The fourth-order valence-electron chi connectivity index (χ4n) is 3.25. The standard InChI is InChI=1S/C20H21N5O3/c1-24-11-5-12-25(17(26)9-10-21-20(27)16-8-4-13-28-16)19-18(24)22-14-6-2-3-7-15(14)23-19/h2-4,6-8,13H,5,9-12H2,1H3,(H,21,27). The highest BCUT2D eigenvalue weighted by atomic mass is 16.3. The number of nitrogens with one attached hydrogen (secondary N) is 1. The van der Waals surface area contributed by atoms with E-state index in [4.69, 9.17) is 14.4 Å². The fourth-order valence-corrected chi connectivity index (χ4v) is 3.25. The van der Waals surface area contributed by atoms with Gasteiger partial charge in [0.15, 0.2) is 17.4 Å². The summed E-state index contributed by atoms with van der Waals surface area (Å²) in [5.74, 6) is 1.07. The number of benzene rings is 1. The molecule has 0 aliphatic carbocycles. The number of hydrogen-bond donors (Lipinski definition) is 1. The summed E-state index contributed by atoms with van der Waals surface area (Å²) in [6.45, 7) is 1.58. The molecular weight excluding hydrogens is 358 g/mol. The molecule has 0 unspecified atom stereocenters. The van der Waals surface area contributed by atoms with Crippen LogP contribution in [0, 0.1) is 0 Å². The average molecular weight is 379 g/mol. The van der Waals surface area contributed by atoms with E-state index < -0.39 is 0 Å². The molecule has 1 aliphatic heterocycles. The Hall–Kier alpha value is -3.42. The summed E-state index contributed by atoms with van der Waals surface area (Å²) < 4.78 is 5.05. The maximum atomic E-state index is 12.9. The summed E-state index contributed by atoms with van der Waals surface area (Å²) in [5, 5.41) is 2.71. The lowest BCUT2D eigenvalue weighted by atomic mass is 10.3. The van der Waals surface area contributed by atoms with Gasteiger partial charge in [0.1, 0.15) is 0 Å². The molecule has 3 heterocycles. The SMILES string of the molecule is CN1CCCN(C(=O)CCNC(=O)c2ccco2)c2nc3ccccc3nc21. The minimum absolute atomic E-state index is 0.0964. The van der Waals surface area contributed by atoms with Crippen molar-refractivity contribution < 1.29 is 14.0 Å². The van der Waals surface area contributed by atoms with Crippen LogP contribution < -0.4 is 15.1 Å². The topological polar surface area (TPSA) is 91.6 Å². The van der Waals surface area contributed by atoms with Gasteiger partial charge in [0.25, 0.3) is 5.91 Å². The highest BCUT2D eigenvalue weighted by Gasteiger charge is 2.26. The number of nitrogens with zero attached hydrogens (tertiary/aromatic N) is 4. The van der Waals surface area contributed by atoms with Gasteiger partial charge in [-0.1, -0.05) is 12.1 Å². The van der Waals surface area contributed by atoms with Crippen molar-refractivity contribution in [3.8, 4) is 0 Å². The lowest BCUT2D eigenvalue weighted by Crippen LogP contribution is -2.35. The molecule has 0 saturated heterocycles. The molecule has 8 heteroatoms. The Morgan fingerprint density at radius 1 is 1.07 bits per heavy atom. The van der Waals surface area contributed by atoms with Gasteiger partial charge < -0.3 is 14.6 Å². The lowest BCUT2D eigenvalue weighted by molar-refractivity contribution is -0.118. The highest BCUT2D eigenvalue weighted by molar-refractivity contribution is 5.97.